The molecule has 1 unspecified atom stereocenters. The number of rotatable bonds is 3. The van der Waals surface area contributed by atoms with Gasteiger partial charge in [-0.25, -0.2) is 5.10 Å². The lowest BCUT2D eigenvalue weighted by atomic mass is 9.82. The number of hydrogen-bond donors (Lipinski definition) is 3. The van der Waals surface area contributed by atoms with Crippen LogP contribution in [0.2, 0.25) is 0 Å². The van der Waals surface area contributed by atoms with Crippen LogP contribution in [0.1, 0.15) is 27.7 Å². The van der Waals surface area contributed by atoms with Gasteiger partial charge in [-0.3, -0.25) is 0 Å². The molecular weight excluding hydrogens is 178 g/mol. The third-order valence-electron chi connectivity index (χ3n) is 2.55. The summed E-state index contributed by atoms with van der Waals surface area (Å²) in [6, 6.07) is 0. The Balaban J connectivity index is 2.41. The van der Waals surface area contributed by atoms with E-state index in [0.29, 0.717) is 17.8 Å². The van der Waals surface area contributed by atoms with Crippen molar-refractivity contribution in [2.24, 2.45) is 11.3 Å². The van der Waals surface area contributed by atoms with Crippen molar-refractivity contribution in [3.05, 3.63) is 0 Å². The van der Waals surface area contributed by atoms with Crippen LogP contribution >= 0.6 is 0 Å². The fraction of sp³-hybridized carbons (Fsp3) is 0.778. The molecule has 0 fully saturated rings. The number of nitrogen functional groups attached to an aromatic ring is 1. The van der Waals surface area contributed by atoms with E-state index in [2.05, 4.69) is 48.2 Å². The molecule has 14 heavy (non-hydrogen) atoms. The first kappa shape index (κ1) is 10.8. The molecule has 1 rings (SSSR count). The van der Waals surface area contributed by atoms with Crippen LogP contribution in [0.5, 0.6) is 0 Å². The summed E-state index contributed by atoms with van der Waals surface area (Å²) in [4.78, 5) is 3.96. The van der Waals surface area contributed by atoms with Crippen molar-refractivity contribution in [1.29, 1.82) is 0 Å². The highest BCUT2D eigenvalue weighted by Crippen LogP contribution is 2.25. The molecule has 0 bridgehead atoms. The number of H-pyrrole nitrogens is 1. The topological polar surface area (TPSA) is 79.6 Å². The summed E-state index contributed by atoms with van der Waals surface area (Å²) in [5.41, 5.74) is 5.69. The molecule has 0 amide bonds. The minimum atomic E-state index is 0.287. The van der Waals surface area contributed by atoms with E-state index in [9.17, 15) is 0 Å². The van der Waals surface area contributed by atoms with Gasteiger partial charge in [-0.15, -0.1) is 5.10 Å². The summed E-state index contributed by atoms with van der Waals surface area (Å²) in [5, 5.41) is 9.62. The van der Waals surface area contributed by atoms with Crippen LogP contribution in [-0.4, -0.2) is 21.7 Å². The van der Waals surface area contributed by atoms with Crippen LogP contribution in [0.3, 0.4) is 0 Å². The van der Waals surface area contributed by atoms with Crippen molar-refractivity contribution in [3.63, 3.8) is 0 Å². The van der Waals surface area contributed by atoms with Gasteiger partial charge < -0.3 is 11.1 Å². The number of aromatic nitrogens is 3. The van der Waals surface area contributed by atoms with E-state index in [0.717, 1.165) is 6.54 Å². The minimum Gasteiger partial charge on any atom is -0.368 e. The minimum absolute atomic E-state index is 0.287. The molecule has 80 valence electrons. The van der Waals surface area contributed by atoms with E-state index in [1.54, 1.807) is 0 Å². The Kier molecular flexibility index (Phi) is 2.98. The monoisotopic (exact) mass is 197 g/mol. The van der Waals surface area contributed by atoms with Crippen molar-refractivity contribution in [1.82, 2.24) is 15.2 Å². The second-order valence-electron chi connectivity index (χ2n) is 4.69. The molecule has 1 heterocycles. The van der Waals surface area contributed by atoms with E-state index in [-0.39, 0.29) is 5.41 Å². The van der Waals surface area contributed by atoms with E-state index < -0.39 is 0 Å². The average molecular weight is 197 g/mol. The average Bonchev–Trinajstić information content (AvgIpc) is 2.45. The SMILES string of the molecule is CC(CNc1n[nH]c(N)n1)C(C)(C)C. The standard InChI is InChI=1S/C9H19N5/c1-6(9(2,3)4)5-11-8-12-7(10)13-14-8/h6H,5H2,1-4H3,(H4,10,11,12,13,14). The Hall–Kier alpha value is -1.26. The maximum atomic E-state index is 5.40. The van der Waals surface area contributed by atoms with E-state index in [4.69, 9.17) is 5.73 Å². The number of aromatic amines is 1. The van der Waals surface area contributed by atoms with E-state index in [1.807, 2.05) is 0 Å². The molecule has 1 aromatic heterocycles. The maximum absolute atomic E-state index is 5.40. The third kappa shape index (κ3) is 2.90. The van der Waals surface area contributed by atoms with Crippen LogP contribution in [0.25, 0.3) is 0 Å². The van der Waals surface area contributed by atoms with Gasteiger partial charge in [0, 0.05) is 6.54 Å². The van der Waals surface area contributed by atoms with Crippen molar-refractivity contribution in [2.45, 2.75) is 27.7 Å². The number of nitrogens with one attached hydrogen (secondary N) is 2. The third-order valence-corrected chi connectivity index (χ3v) is 2.55. The Bertz CT molecular complexity index is 286. The van der Waals surface area contributed by atoms with Gasteiger partial charge in [-0.1, -0.05) is 27.7 Å². The first-order valence-electron chi connectivity index (χ1n) is 4.81. The Morgan fingerprint density at radius 3 is 2.57 bits per heavy atom. The van der Waals surface area contributed by atoms with Gasteiger partial charge in [0.05, 0.1) is 0 Å². The van der Waals surface area contributed by atoms with Gasteiger partial charge in [-0.2, -0.15) is 4.98 Å². The zero-order valence-corrected chi connectivity index (χ0v) is 9.26. The summed E-state index contributed by atoms with van der Waals surface area (Å²) >= 11 is 0. The van der Waals surface area contributed by atoms with Gasteiger partial charge in [0.15, 0.2) is 0 Å². The fourth-order valence-corrected chi connectivity index (χ4v) is 0.904. The van der Waals surface area contributed by atoms with Crippen LogP contribution in [0.15, 0.2) is 0 Å². The lowest BCUT2D eigenvalue weighted by Gasteiger charge is -2.26. The highest BCUT2D eigenvalue weighted by molar-refractivity contribution is 5.29. The molecule has 4 N–H and O–H groups in total. The molecule has 1 atom stereocenters. The second kappa shape index (κ2) is 3.86. The molecule has 0 aromatic carbocycles. The number of nitrogens with two attached hydrogens (primary N) is 1. The normalized spacial score (nSPS) is 14.0. The Labute approximate surface area is 84.5 Å². The summed E-state index contributed by atoms with van der Waals surface area (Å²) in [5.74, 6) is 1.46. The lowest BCUT2D eigenvalue weighted by molar-refractivity contribution is 0.274. The van der Waals surface area contributed by atoms with Crippen molar-refractivity contribution < 1.29 is 0 Å². The maximum Gasteiger partial charge on any atom is 0.243 e. The second-order valence-corrected chi connectivity index (χ2v) is 4.69. The predicted molar refractivity (Wildman–Crippen MR) is 57.9 cm³/mol. The predicted octanol–water partition coefficient (Wildman–Crippen LogP) is 1.48. The molecule has 5 heteroatoms. The van der Waals surface area contributed by atoms with Gasteiger partial charge in [0.25, 0.3) is 0 Å². The summed E-state index contributed by atoms with van der Waals surface area (Å²) < 4.78 is 0. The van der Waals surface area contributed by atoms with Gasteiger partial charge >= 0.3 is 0 Å². The smallest absolute Gasteiger partial charge is 0.243 e. The Morgan fingerprint density at radius 2 is 2.14 bits per heavy atom. The molecule has 0 saturated heterocycles. The number of nitrogens with zero attached hydrogens (tertiary/aromatic N) is 2. The van der Waals surface area contributed by atoms with Crippen LogP contribution in [0.4, 0.5) is 11.9 Å². The molecule has 0 radical (unpaired) electrons. The van der Waals surface area contributed by atoms with Crippen molar-refractivity contribution >= 4 is 11.9 Å². The lowest BCUT2D eigenvalue weighted by Crippen LogP contribution is -2.25. The van der Waals surface area contributed by atoms with Crippen molar-refractivity contribution in [2.75, 3.05) is 17.6 Å². The van der Waals surface area contributed by atoms with Gasteiger partial charge in [-0.05, 0) is 11.3 Å². The first-order valence-corrected chi connectivity index (χ1v) is 4.81. The molecule has 1 aromatic rings. The highest BCUT2D eigenvalue weighted by Gasteiger charge is 2.19. The molecule has 0 aliphatic rings. The molecular formula is C9H19N5. The molecule has 0 aliphatic heterocycles. The first-order chi connectivity index (χ1) is 6.39. The van der Waals surface area contributed by atoms with Crippen LogP contribution in [0, 0.1) is 11.3 Å². The largest absolute Gasteiger partial charge is 0.368 e. The van der Waals surface area contributed by atoms with Crippen LogP contribution in [-0.2, 0) is 0 Å². The quantitative estimate of drug-likeness (QED) is 0.685. The fourth-order valence-electron chi connectivity index (χ4n) is 0.904. The van der Waals surface area contributed by atoms with Gasteiger partial charge in [0.1, 0.15) is 0 Å². The van der Waals surface area contributed by atoms with E-state index >= 15 is 0 Å². The summed E-state index contributed by atoms with van der Waals surface area (Å²) in [6.45, 7) is 9.69. The molecule has 0 spiro atoms. The van der Waals surface area contributed by atoms with Gasteiger partial charge in [0.2, 0.25) is 11.9 Å². The summed E-state index contributed by atoms with van der Waals surface area (Å²) in [6.07, 6.45) is 0. The molecule has 0 aliphatic carbocycles. The molecule has 0 saturated carbocycles. The highest BCUT2D eigenvalue weighted by atomic mass is 15.3. The zero-order valence-electron chi connectivity index (χ0n) is 9.26. The van der Waals surface area contributed by atoms with E-state index in [1.165, 1.54) is 0 Å². The zero-order chi connectivity index (χ0) is 10.8. The molecule has 5 nitrogen and oxygen atoms in total. The number of hydrogen-bond acceptors (Lipinski definition) is 4. The van der Waals surface area contributed by atoms with Crippen molar-refractivity contribution in [3.8, 4) is 0 Å². The Morgan fingerprint density at radius 1 is 1.50 bits per heavy atom. The number of anilines is 2. The summed E-state index contributed by atoms with van der Waals surface area (Å²) in [7, 11) is 0. The van der Waals surface area contributed by atoms with Crippen LogP contribution < -0.4 is 11.1 Å².